The molecule has 1 amide bonds. The zero-order chi connectivity index (χ0) is 23.1. The highest BCUT2D eigenvalue weighted by Crippen LogP contribution is 2.31. The van der Waals surface area contributed by atoms with E-state index < -0.39 is 0 Å². The van der Waals surface area contributed by atoms with Crippen LogP contribution in [0.5, 0.6) is 11.5 Å². The highest BCUT2D eigenvalue weighted by atomic mass is 35.5. The second-order valence-electron chi connectivity index (χ2n) is 7.94. The number of amides is 1. The van der Waals surface area contributed by atoms with Crippen LogP contribution in [0.3, 0.4) is 0 Å². The number of benzene rings is 2. The molecule has 3 heterocycles. The average Bonchev–Trinajstić information content (AvgIpc) is 3.16. The van der Waals surface area contributed by atoms with Gasteiger partial charge < -0.3 is 19.3 Å². The van der Waals surface area contributed by atoms with E-state index in [1.807, 2.05) is 36.1 Å². The van der Waals surface area contributed by atoms with Gasteiger partial charge in [0.2, 0.25) is 0 Å². The average molecular weight is 466 g/mol. The van der Waals surface area contributed by atoms with Crippen LogP contribution in [-0.4, -0.2) is 65.8 Å². The van der Waals surface area contributed by atoms with Crippen molar-refractivity contribution in [3.8, 4) is 11.5 Å². The molecular weight excluding hydrogens is 442 g/mol. The number of para-hydroxylation sites is 1. The Balaban J connectivity index is 1.41. The minimum absolute atomic E-state index is 0.0293. The molecule has 0 spiro atoms. The van der Waals surface area contributed by atoms with Crippen molar-refractivity contribution >= 4 is 39.9 Å². The zero-order valence-corrected chi connectivity index (χ0v) is 19.5. The summed E-state index contributed by atoms with van der Waals surface area (Å²) in [6.45, 7) is 4.37. The van der Waals surface area contributed by atoms with E-state index >= 15 is 0 Å². The molecule has 170 valence electrons. The minimum Gasteiger partial charge on any atom is -0.493 e. The van der Waals surface area contributed by atoms with Crippen molar-refractivity contribution in [1.29, 1.82) is 0 Å². The largest absolute Gasteiger partial charge is 0.493 e. The van der Waals surface area contributed by atoms with E-state index in [9.17, 15) is 4.79 Å². The Morgan fingerprint density at radius 1 is 1.00 bits per heavy atom. The fourth-order valence-electron chi connectivity index (χ4n) is 4.28. The fraction of sp³-hybridized carbons (Fsp3) is 0.292. The van der Waals surface area contributed by atoms with Crippen molar-refractivity contribution in [3.05, 3.63) is 58.7 Å². The topological polar surface area (TPSA) is 72.2 Å². The number of nitrogens with zero attached hydrogens (tertiary/aromatic N) is 5. The Hall–Kier alpha value is -3.52. The van der Waals surface area contributed by atoms with Crippen molar-refractivity contribution in [3.63, 3.8) is 0 Å². The van der Waals surface area contributed by atoms with Gasteiger partial charge in [0.05, 0.1) is 25.4 Å². The van der Waals surface area contributed by atoms with Crippen LogP contribution in [0.2, 0.25) is 5.02 Å². The second-order valence-corrected chi connectivity index (χ2v) is 8.31. The quantitative estimate of drug-likeness (QED) is 0.456. The lowest BCUT2D eigenvalue weighted by atomic mass is 10.1. The molecule has 0 bridgehead atoms. The molecule has 1 aliphatic rings. The second kappa shape index (κ2) is 8.44. The number of hydrogen-bond acceptors (Lipinski definition) is 6. The molecule has 0 unspecified atom stereocenters. The van der Waals surface area contributed by atoms with Gasteiger partial charge in [-0.05, 0) is 37.3 Å². The first-order valence-corrected chi connectivity index (χ1v) is 11.1. The molecule has 4 aromatic rings. The van der Waals surface area contributed by atoms with Gasteiger partial charge in [-0.2, -0.15) is 5.10 Å². The molecule has 0 radical (unpaired) electrons. The molecule has 0 saturated carbocycles. The third-order valence-electron chi connectivity index (χ3n) is 6.05. The SMILES string of the molecule is COc1ccc(C(=O)N2CCN(c3nc4c(Cl)c(C)nn4c4ccccc34)CC2)cc1OC. The molecule has 1 saturated heterocycles. The van der Waals surface area contributed by atoms with Gasteiger partial charge in [0, 0.05) is 37.1 Å². The molecule has 2 aromatic heterocycles. The van der Waals surface area contributed by atoms with Crippen LogP contribution in [0.25, 0.3) is 16.6 Å². The summed E-state index contributed by atoms with van der Waals surface area (Å²) in [5.74, 6) is 1.97. The first kappa shape index (κ1) is 21.3. The minimum atomic E-state index is -0.0293. The molecule has 0 N–H and O–H groups in total. The number of halogens is 1. The van der Waals surface area contributed by atoms with Gasteiger partial charge in [0.1, 0.15) is 10.8 Å². The van der Waals surface area contributed by atoms with E-state index in [-0.39, 0.29) is 5.91 Å². The summed E-state index contributed by atoms with van der Waals surface area (Å²) < 4.78 is 12.4. The van der Waals surface area contributed by atoms with Gasteiger partial charge in [-0.25, -0.2) is 9.50 Å². The smallest absolute Gasteiger partial charge is 0.254 e. The lowest BCUT2D eigenvalue weighted by Gasteiger charge is -2.36. The number of hydrogen-bond donors (Lipinski definition) is 0. The lowest BCUT2D eigenvalue weighted by Crippen LogP contribution is -2.49. The van der Waals surface area contributed by atoms with Crippen LogP contribution >= 0.6 is 11.6 Å². The van der Waals surface area contributed by atoms with Crippen LogP contribution in [0, 0.1) is 6.92 Å². The van der Waals surface area contributed by atoms with Crippen LogP contribution in [-0.2, 0) is 0 Å². The van der Waals surface area contributed by atoms with E-state index in [1.54, 1.807) is 36.9 Å². The molecule has 0 aliphatic carbocycles. The Kier molecular flexibility index (Phi) is 5.46. The summed E-state index contributed by atoms with van der Waals surface area (Å²) in [5.41, 5.74) is 2.92. The summed E-state index contributed by atoms with van der Waals surface area (Å²) in [5, 5.41) is 6.12. The maximum absolute atomic E-state index is 13.1. The van der Waals surface area contributed by atoms with E-state index in [4.69, 9.17) is 26.1 Å². The maximum atomic E-state index is 13.1. The number of aromatic nitrogens is 3. The molecule has 33 heavy (non-hydrogen) atoms. The number of carbonyl (C=O) groups is 1. The van der Waals surface area contributed by atoms with Gasteiger partial charge in [-0.3, -0.25) is 4.79 Å². The normalized spacial score (nSPS) is 14.2. The third-order valence-corrected chi connectivity index (χ3v) is 6.49. The van der Waals surface area contributed by atoms with Crippen LogP contribution < -0.4 is 14.4 Å². The van der Waals surface area contributed by atoms with Gasteiger partial charge in [-0.15, -0.1) is 0 Å². The van der Waals surface area contributed by atoms with Gasteiger partial charge in [0.25, 0.3) is 5.91 Å². The number of piperazine rings is 1. The third kappa shape index (κ3) is 3.60. The number of ether oxygens (including phenoxy) is 2. The summed E-state index contributed by atoms with van der Waals surface area (Å²) >= 11 is 6.50. The predicted molar refractivity (Wildman–Crippen MR) is 128 cm³/mol. The standard InChI is InChI=1S/C24H24ClN5O3/c1-15-21(25)23-26-22(17-6-4-5-7-18(17)30(23)27-15)28-10-12-29(13-11-28)24(31)16-8-9-19(32-2)20(14-16)33-3/h4-9,14H,10-13H2,1-3H3. The molecule has 1 aliphatic heterocycles. The monoisotopic (exact) mass is 465 g/mol. The van der Waals surface area contributed by atoms with Crippen molar-refractivity contribution in [2.24, 2.45) is 0 Å². The summed E-state index contributed by atoms with van der Waals surface area (Å²) in [6, 6.07) is 13.3. The molecular formula is C24H24ClN5O3. The zero-order valence-electron chi connectivity index (χ0n) is 18.7. The van der Waals surface area contributed by atoms with Crippen molar-refractivity contribution in [2.45, 2.75) is 6.92 Å². The number of carbonyl (C=O) groups excluding carboxylic acids is 1. The number of rotatable bonds is 4. The first-order valence-electron chi connectivity index (χ1n) is 10.7. The maximum Gasteiger partial charge on any atom is 0.254 e. The molecule has 2 aromatic carbocycles. The summed E-state index contributed by atoms with van der Waals surface area (Å²) in [4.78, 5) is 22.1. The van der Waals surface area contributed by atoms with E-state index in [1.165, 1.54) is 0 Å². The van der Waals surface area contributed by atoms with Crippen molar-refractivity contribution in [2.75, 3.05) is 45.3 Å². The molecule has 9 heteroatoms. The van der Waals surface area contributed by atoms with Crippen LogP contribution in [0.1, 0.15) is 16.1 Å². The lowest BCUT2D eigenvalue weighted by molar-refractivity contribution is 0.0746. The first-order chi connectivity index (χ1) is 16.0. The Morgan fingerprint density at radius 2 is 1.73 bits per heavy atom. The molecule has 5 rings (SSSR count). The number of aryl methyl sites for hydroxylation is 1. The van der Waals surface area contributed by atoms with Crippen LogP contribution in [0.4, 0.5) is 5.82 Å². The molecule has 1 fully saturated rings. The van der Waals surface area contributed by atoms with Gasteiger partial charge in [0.15, 0.2) is 17.1 Å². The van der Waals surface area contributed by atoms with Crippen molar-refractivity contribution < 1.29 is 14.3 Å². The van der Waals surface area contributed by atoms with Gasteiger partial charge in [-0.1, -0.05) is 23.7 Å². The number of methoxy groups -OCH3 is 2. The number of anilines is 1. The fourth-order valence-corrected chi connectivity index (χ4v) is 4.44. The summed E-state index contributed by atoms with van der Waals surface area (Å²) in [7, 11) is 3.14. The summed E-state index contributed by atoms with van der Waals surface area (Å²) in [6.07, 6.45) is 0. The number of fused-ring (bicyclic) bond motifs is 3. The Labute approximate surface area is 196 Å². The predicted octanol–water partition coefficient (Wildman–Crippen LogP) is 3.82. The van der Waals surface area contributed by atoms with Crippen LogP contribution in [0.15, 0.2) is 42.5 Å². The van der Waals surface area contributed by atoms with E-state index in [0.717, 1.165) is 22.4 Å². The van der Waals surface area contributed by atoms with E-state index in [2.05, 4.69) is 10.00 Å². The van der Waals surface area contributed by atoms with E-state index in [0.29, 0.717) is 53.9 Å². The van der Waals surface area contributed by atoms with Crippen molar-refractivity contribution in [1.82, 2.24) is 19.5 Å². The van der Waals surface area contributed by atoms with Gasteiger partial charge >= 0.3 is 0 Å². The molecule has 0 atom stereocenters. The Morgan fingerprint density at radius 3 is 2.45 bits per heavy atom. The highest BCUT2D eigenvalue weighted by Gasteiger charge is 2.26. The Bertz CT molecular complexity index is 1360. The highest BCUT2D eigenvalue weighted by molar-refractivity contribution is 6.34. The molecule has 8 nitrogen and oxygen atoms in total.